The van der Waals surface area contributed by atoms with Gasteiger partial charge in [0.1, 0.15) is 11.6 Å². The molecule has 2 aromatic heterocycles. The lowest BCUT2D eigenvalue weighted by atomic mass is 10.0. The number of pyridine rings is 1. The maximum absolute atomic E-state index is 12.8. The molecule has 0 atom stereocenters. The number of carbonyl (C=O) groups excluding carboxylic acids is 2. The summed E-state index contributed by atoms with van der Waals surface area (Å²) in [6.45, 7) is 2.68. The van der Waals surface area contributed by atoms with Crippen LogP contribution in [-0.2, 0) is 48.9 Å². The Kier molecular flexibility index (Phi) is 6.25. The van der Waals surface area contributed by atoms with Gasteiger partial charge in [-0.2, -0.15) is 0 Å². The van der Waals surface area contributed by atoms with Crippen LogP contribution < -0.4 is 5.56 Å². The second kappa shape index (κ2) is 9.26. The predicted molar refractivity (Wildman–Crippen MR) is 120 cm³/mol. The third-order valence-corrected chi connectivity index (χ3v) is 5.94. The van der Waals surface area contributed by atoms with Crippen LogP contribution in [0.5, 0.6) is 0 Å². The van der Waals surface area contributed by atoms with Crippen LogP contribution in [0.2, 0.25) is 0 Å². The normalized spacial score (nSPS) is 13.0. The zero-order valence-electron chi connectivity index (χ0n) is 18.4. The number of carbonyl (C=O) groups is 2. The molecular formula is C25H26N4O3. The summed E-state index contributed by atoms with van der Waals surface area (Å²) in [6.07, 6.45) is 4.97. The van der Waals surface area contributed by atoms with Crippen molar-refractivity contribution in [3.8, 4) is 0 Å². The van der Waals surface area contributed by atoms with Gasteiger partial charge in [0.05, 0.1) is 24.2 Å². The van der Waals surface area contributed by atoms with Crippen molar-refractivity contribution in [3.05, 3.63) is 92.9 Å². The fraction of sp³-hybridized carbons (Fsp3) is 0.320. The summed E-state index contributed by atoms with van der Waals surface area (Å²) in [4.78, 5) is 47.9. The van der Waals surface area contributed by atoms with Crippen molar-refractivity contribution >= 4 is 11.7 Å². The minimum Gasteiger partial charge on any atom is -0.337 e. The molecule has 3 aromatic rings. The smallest absolute Gasteiger partial charge is 0.258 e. The number of amides is 1. The molecule has 1 aliphatic rings. The number of hydrogen-bond acceptors (Lipinski definition) is 5. The molecule has 0 saturated heterocycles. The van der Waals surface area contributed by atoms with E-state index >= 15 is 0 Å². The van der Waals surface area contributed by atoms with Gasteiger partial charge in [-0.3, -0.25) is 23.9 Å². The highest BCUT2D eigenvalue weighted by atomic mass is 16.2. The van der Waals surface area contributed by atoms with Crippen LogP contribution in [0.1, 0.15) is 33.8 Å². The van der Waals surface area contributed by atoms with E-state index in [0.29, 0.717) is 43.7 Å². The second-order valence-electron chi connectivity index (χ2n) is 8.25. The van der Waals surface area contributed by atoms with Crippen LogP contribution in [0.15, 0.2) is 53.6 Å². The average Bonchev–Trinajstić information content (AvgIpc) is 2.79. The Hall–Kier alpha value is -3.61. The van der Waals surface area contributed by atoms with Gasteiger partial charge < -0.3 is 4.90 Å². The van der Waals surface area contributed by atoms with E-state index in [9.17, 15) is 14.4 Å². The third kappa shape index (κ3) is 4.82. The van der Waals surface area contributed by atoms with E-state index in [4.69, 9.17) is 0 Å². The van der Waals surface area contributed by atoms with Crippen LogP contribution in [-0.4, -0.2) is 37.7 Å². The molecule has 4 rings (SSSR count). The lowest BCUT2D eigenvalue weighted by Gasteiger charge is -2.28. The van der Waals surface area contributed by atoms with E-state index in [2.05, 4.69) is 9.97 Å². The van der Waals surface area contributed by atoms with Gasteiger partial charge >= 0.3 is 0 Å². The molecule has 0 radical (unpaired) electrons. The summed E-state index contributed by atoms with van der Waals surface area (Å²) in [5, 5.41) is 0. The molecule has 1 aliphatic heterocycles. The Morgan fingerprint density at radius 3 is 2.19 bits per heavy atom. The highest BCUT2D eigenvalue weighted by Gasteiger charge is 2.25. The number of ketones is 1. The summed E-state index contributed by atoms with van der Waals surface area (Å²) >= 11 is 0. The van der Waals surface area contributed by atoms with Gasteiger partial charge in [-0.25, -0.2) is 4.98 Å². The Morgan fingerprint density at radius 2 is 1.53 bits per heavy atom. The molecule has 0 saturated carbocycles. The quantitative estimate of drug-likeness (QED) is 0.597. The number of fused-ring (bicyclic) bond motifs is 1. The largest absolute Gasteiger partial charge is 0.337 e. The first-order chi connectivity index (χ1) is 15.4. The standard InChI is InChI=1S/C25H26N4O3/c1-17-27-23-9-12-29(16-22(23)25(32)28(17)2)24(31)15-19-5-3-18(4-6-19)13-21(30)14-20-7-10-26-11-8-20/h3-8,10-11H,9,12-16H2,1-2H3. The molecule has 1 amide bonds. The van der Waals surface area contributed by atoms with Crippen LogP contribution in [0.4, 0.5) is 0 Å². The molecule has 32 heavy (non-hydrogen) atoms. The van der Waals surface area contributed by atoms with Crippen LogP contribution in [0.3, 0.4) is 0 Å². The SMILES string of the molecule is Cc1nc2c(c(=O)n1C)CN(C(=O)Cc1ccc(CC(=O)Cc3ccncc3)cc1)CC2. The van der Waals surface area contributed by atoms with Crippen molar-refractivity contribution in [1.82, 2.24) is 19.4 Å². The Morgan fingerprint density at radius 1 is 0.938 bits per heavy atom. The fourth-order valence-electron chi connectivity index (χ4n) is 3.98. The molecule has 0 fully saturated rings. The first kappa shape index (κ1) is 21.6. The second-order valence-corrected chi connectivity index (χ2v) is 8.25. The minimum absolute atomic E-state index is 0.0141. The van der Waals surface area contributed by atoms with E-state index < -0.39 is 0 Å². The van der Waals surface area contributed by atoms with Gasteiger partial charge in [-0.1, -0.05) is 24.3 Å². The van der Waals surface area contributed by atoms with E-state index in [1.54, 1.807) is 24.3 Å². The number of benzene rings is 1. The summed E-state index contributed by atoms with van der Waals surface area (Å²) in [5.41, 5.74) is 4.11. The van der Waals surface area contributed by atoms with Crippen LogP contribution >= 0.6 is 0 Å². The number of nitrogens with zero attached hydrogens (tertiary/aromatic N) is 4. The number of rotatable bonds is 6. The molecule has 7 nitrogen and oxygen atoms in total. The van der Waals surface area contributed by atoms with Crippen molar-refractivity contribution in [2.24, 2.45) is 7.05 Å². The van der Waals surface area contributed by atoms with Crippen molar-refractivity contribution in [2.75, 3.05) is 6.54 Å². The van der Waals surface area contributed by atoms with Gasteiger partial charge in [-0.15, -0.1) is 0 Å². The number of aryl methyl sites for hydroxylation is 1. The zero-order valence-corrected chi connectivity index (χ0v) is 18.4. The Bertz CT molecular complexity index is 1200. The van der Waals surface area contributed by atoms with Gasteiger partial charge in [0.15, 0.2) is 0 Å². The molecule has 0 bridgehead atoms. The third-order valence-electron chi connectivity index (χ3n) is 5.94. The molecule has 164 valence electrons. The average molecular weight is 431 g/mol. The highest BCUT2D eigenvalue weighted by Crippen LogP contribution is 2.16. The summed E-state index contributed by atoms with van der Waals surface area (Å²) in [5.74, 6) is 0.810. The summed E-state index contributed by atoms with van der Waals surface area (Å²) in [7, 11) is 1.70. The Balaban J connectivity index is 1.35. The maximum Gasteiger partial charge on any atom is 0.258 e. The molecule has 7 heteroatoms. The van der Waals surface area contributed by atoms with Crippen molar-refractivity contribution in [2.45, 2.75) is 39.2 Å². The molecule has 0 aliphatic carbocycles. The van der Waals surface area contributed by atoms with Gasteiger partial charge in [0.2, 0.25) is 5.91 Å². The zero-order chi connectivity index (χ0) is 22.7. The summed E-state index contributed by atoms with van der Waals surface area (Å²) in [6, 6.07) is 11.3. The molecule has 0 spiro atoms. The lowest BCUT2D eigenvalue weighted by Crippen LogP contribution is -2.41. The van der Waals surface area contributed by atoms with Crippen molar-refractivity contribution in [3.63, 3.8) is 0 Å². The fourth-order valence-corrected chi connectivity index (χ4v) is 3.98. The van der Waals surface area contributed by atoms with Crippen LogP contribution in [0.25, 0.3) is 0 Å². The van der Waals surface area contributed by atoms with Gasteiger partial charge in [0, 0.05) is 45.2 Å². The topological polar surface area (TPSA) is 85.2 Å². The van der Waals surface area contributed by atoms with Gasteiger partial charge in [-0.05, 0) is 35.7 Å². The number of aromatic nitrogens is 3. The van der Waals surface area contributed by atoms with Crippen molar-refractivity contribution < 1.29 is 9.59 Å². The molecule has 0 unspecified atom stereocenters. The molecular weight excluding hydrogens is 404 g/mol. The van der Waals surface area contributed by atoms with Crippen molar-refractivity contribution in [1.29, 1.82) is 0 Å². The highest BCUT2D eigenvalue weighted by molar-refractivity contribution is 5.83. The first-order valence-electron chi connectivity index (χ1n) is 10.7. The maximum atomic E-state index is 12.8. The first-order valence-corrected chi connectivity index (χ1v) is 10.7. The molecule has 0 N–H and O–H groups in total. The van der Waals surface area contributed by atoms with Gasteiger partial charge in [0.25, 0.3) is 5.56 Å². The van der Waals surface area contributed by atoms with E-state index in [1.807, 2.05) is 43.3 Å². The minimum atomic E-state index is -0.0780. The molecule has 3 heterocycles. The number of Topliss-reactive ketones (excluding diaryl/α,β-unsaturated/α-hetero) is 1. The number of hydrogen-bond donors (Lipinski definition) is 0. The van der Waals surface area contributed by atoms with Crippen LogP contribution in [0, 0.1) is 6.92 Å². The van der Waals surface area contributed by atoms with E-state index in [0.717, 1.165) is 22.4 Å². The monoisotopic (exact) mass is 430 g/mol. The lowest BCUT2D eigenvalue weighted by molar-refractivity contribution is -0.131. The Labute approximate surface area is 186 Å². The van der Waals surface area contributed by atoms with E-state index in [-0.39, 0.29) is 23.7 Å². The summed E-state index contributed by atoms with van der Waals surface area (Å²) < 4.78 is 1.53. The predicted octanol–water partition coefficient (Wildman–Crippen LogP) is 1.97. The molecule has 1 aromatic carbocycles. The van der Waals surface area contributed by atoms with E-state index in [1.165, 1.54) is 4.57 Å².